The van der Waals surface area contributed by atoms with E-state index >= 15 is 0 Å². The van der Waals surface area contributed by atoms with E-state index in [0.717, 1.165) is 25.2 Å². The van der Waals surface area contributed by atoms with Crippen molar-refractivity contribution in [1.82, 2.24) is 5.32 Å². The number of benzene rings is 1. The quantitative estimate of drug-likeness (QED) is 0.850. The third kappa shape index (κ3) is 2.64. The Kier molecular flexibility index (Phi) is 3.63. The fraction of sp³-hybridized carbons (Fsp3) is 0.600. The first-order chi connectivity index (χ1) is 9.55. The monoisotopic (exact) mass is 284 g/mol. The first-order valence-electron chi connectivity index (χ1n) is 7.23. The van der Waals surface area contributed by atoms with Crippen LogP contribution in [0.4, 0.5) is 18.9 Å². The Morgan fingerprint density at radius 3 is 2.45 bits per heavy atom. The van der Waals surface area contributed by atoms with Crippen LogP contribution < -0.4 is 10.2 Å². The Morgan fingerprint density at radius 1 is 1.05 bits per heavy atom. The molecule has 1 saturated carbocycles. The number of alkyl halides is 3. The first-order valence-corrected chi connectivity index (χ1v) is 7.23. The smallest absolute Gasteiger partial charge is 0.366 e. The van der Waals surface area contributed by atoms with Gasteiger partial charge in [0.05, 0.1) is 5.56 Å². The summed E-state index contributed by atoms with van der Waals surface area (Å²) >= 11 is 0. The minimum Gasteiger partial charge on any atom is -0.366 e. The van der Waals surface area contributed by atoms with Crippen molar-refractivity contribution in [2.24, 2.45) is 0 Å². The van der Waals surface area contributed by atoms with E-state index in [1.807, 2.05) is 0 Å². The van der Waals surface area contributed by atoms with Gasteiger partial charge in [0.2, 0.25) is 0 Å². The maximum atomic E-state index is 12.6. The Labute approximate surface area is 117 Å². The molecule has 0 spiro atoms. The highest BCUT2D eigenvalue weighted by Gasteiger charge is 2.34. The summed E-state index contributed by atoms with van der Waals surface area (Å²) in [7, 11) is 0. The van der Waals surface area contributed by atoms with Gasteiger partial charge in [-0.3, -0.25) is 0 Å². The SMILES string of the molecule is FC(F)(F)c1ccc(N2CCN[C@@H]3CCCC[C@H]32)cc1. The van der Waals surface area contributed by atoms with Crippen molar-refractivity contribution in [2.75, 3.05) is 18.0 Å². The number of hydrogen-bond acceptors (Lipinski definition) is 2. The van der Waals surface area contributed by atoms with Crippen LogP contribution in [-0.4, -0.2) is 25.2 Å². The highest BCUT2D eigenvalue weighted by atomic mass is 19.4. The standard InChI is InChI=1S/C15H19F3N2/c16-15(17,18)11-5-7-12(8-6-11)20-10-9-19-13-3-1-2-4-14(13)20/h5-8,13-14,19H,1-4,9-10H2/t13-,14-/m1/s1. The minimum atomic E-state index is -4.25. The predicted octanol–water partition coefficient (Wildman–Crippen LogP) is 3.43. The lowest BCUT2D eigenvalue weighted by molar-refractivity contribution is -0.137. The Hall–Kier alpha value is -1.23. The second kappa shape index (κ2) is 5.28. The summed E-state index contributed by atoms with van der Waals surface area (Å²) < 4.78 is 37.8. The summed E-state index contributed by atoms with van der Waals surface area (Å²) in [5, 5.41) is 3.53. The fourth-order valence-corrected chi connectivity index (χ4v) is 3.42. The molecule has 0 radical (unpaired) electrons. The number of nitrogens with zero attached hydrogens (tertiary/aromatic N) is 1. The van der Waals surface area contributed by atoms with Crippen LogP contribution in [0.5, 0.6) is 0 Å². The van der Waals surface area contributed by atoms with Gasteiger partial charge >= 0.3 is 6.18 Å². The molecule has 1 heterocycles. The van der Waals surface area contributed by atoms with Crippen LogP contribution in [0.25, 0.3) is 0 Å². The molecule has 0 bridgehead atoms. The number of fused-ring (bicyclic) bond motifs is 1. The minimum absolute atomic E-state index is 0.425. The van der Waals surface area contributed by atoms with E-state index in [1.54, 1.807) is 12.1 Å². The molecule has 2 nitrogen and oxygen atoms in total. The van der Waals surface area contributed by atoms with Crippen LogP contribution in [0.1, 0.15) is 31.2 Å². The maximum absolute atomic E-state index is 12.6. The van der Waals surface area contributed by atoms with Gasteiger partial charge < -0.3 is 10.2 Å². The Morgan fingerprint density at radius 2 is 1.75 bits per heavy atom. The summed E-state index contributed by atoms with van der Waals surface area (Å²) in [6, 6.07) is 6.51. The van der Waals surface area contributed by atoms with Gasteiger partial charge in [0, 0.05) is 30.9 Å². The molecule has 1 aromatic rings. The van der Waals surface area contributed by atoms with E-state index < -0.39 is 11.7 Å². The molecule has 1 aliphatic carbocycles. The third-order valence-corrected chi connectivity index (χ3v) is 4.42. The number of piperazine rings is 1. The molecule has 1 N–H and O–H groups in total. The van der Waals surface area contributed by atoms with Crippen molar-refractivity contribution >= 4 is 5.69 Å². The number of halogens is 3. The highest BCUT2D eigenvalue weighted by molar-refractivity contribution is 5.50. The molecule has 0 unspecified atom stereocenters. The van der Waals surface area contributed by atoms with Crippen molar-refractivity contribution in [3.63, 3.8) is 0 Å². The molecule has 2 fully saturated rings. The highest BCUT2D eigenvalue weighted by Crippen LogP contribution is 2.33. The molecule has 0 amide bonds. The van der Waals surface area contributed by atoms with E-state index in [1.165, 1.54) is 31.4 Å². The molecule has 1 aliphatic heterocycles. The summed E-state index contributed by atoms with van der Waals surface area (Å²) in [5.41, 5.74) is 0.341. The van der Waals surface area contributed by atoms with Gasteiger partial charge in [0.25, 0.3) is 0 Å². The van der Waals surface area contributed by atoms with Crippen molar-refractivity contribution in [1.29, 1.82) is 0 Å². The van der Waals surface area contributed by atoms with Crippen LogP contribution in [0.15, 0.2) is 24.3 Å². The van der Waals surface area contributed by atoms with Crippen molar-refractivity contribution < 1.29 is 13.2 Å². The second-order valence-electron chi connectivity index (χ2n) is 5.65. The molecule has 5 heteroatoms. The normalized spacial score (nSPS) is 27.2. The molecule has 0 aromatic heterocycles. The molecule has 1 saturated heterocycles. The van der Waals surface area contributed by atoms with E-state index in [4.69, 9.17) is 0 Å². The number of rotatable bonds is 1. The number of anilines is 1. The van der Waals surface area contributed by atoms with Crippen LogP contribution in [0.3, 0.4) is 0 Å². The van der Waals surface area contributed by atoms with E-state index in [-0.39, 0.29) is 0 Å². The lowest BCUT2D eigenvalue weighted by Crippen LogP contribution is -2.59. The Balaban J connectivity index is 1.80. The molecule has 20 heavy (non-hydrogen) atoms. The van der Waals surface area contributed by atoms with Crippen molar-refractivity contribution in [3.8, 4) is 0 Å². The summed E-state index contributed by atoms with van der Waals surface area (Å²) in [5.74, 6) is 0. The number of nitrogens with one attached hydrogen (secondary N) is 1. The van der Waals surface area contributed by atoms with E-state index in [0.29, 0.717) is 12.1 Å². The zero-order valence-corrected chi connectivity index (χ0v) is 11.3. The molecule has 2 atom stereocenters. The van der Waals surface area contributed by atoms with Gasteiger partial charge in [-0.2, -0.15) is 13.2 Å². The topological polar surface area (TPSA) is 15.3 Å². The van der Waals surface area contributed by atoms with E-state index in [9.17, 15) is 13.2 Å². The average molecular weight is 284 g/mol. The second-order valence-corrected chi connectivity index (χ2v) is 5.65. The van der Waals surface area contributed by atoms with Crippen LogP contribution >= 0.6 is 0 Å². The van der Waals surface area contributed by atoms with Gasteiger partial charge in [-0.1, -0.05) is 12.8 Å². The molecular formula is C15H19F3N2. The largest absolute Gasteiger partial charge is 0.416 e. The maximum Gasteiger partial charge on any atom is 0.416 e. The predicted molar refractivity (Wildman–Crippen MR) is 72.8 cm³/mol. The van der Waals surface area contributed by atoms with Gasteiger partial charge in [0.1, 0.15) is 0 Å². The molecule has 1 aromatic carbocycles. The zero-order chi connectivity index (χ0) is 14.2. The number of hydrogen-bond donors (Lipinski definition) is 1. The lowest BCUT2D eigenvalue weighted by atomic mass is 9.87. The van der Waals surface area contributed by atoms with E-state index in [2.05, 4.69) is 10.2 Å². The summed E-state index contributed by atoms with van der Waals surface area (Å²) in [4.78, 5) is 2.28. The summed E-state index contributed by atoms with van der Waals surface area (Å²) in [6.45, 7) is 1.77. The van der Waals surface area contributed by atoms with Gasteiger partial charge in [0.15, 0.2) is 0 Å². The molecule has 110 valence electrons. The van der Waals surface area contributed by atoms with Crippen molar-refractivity contribution in [3.05, 3.63) is 29.8 Å². The van der Waals surface area contributed by atoms with Crippen LogP contribution in [-0.2, 0) is 6.18 Å². The summed E-state index contributed by atoms with van der Waals surface area (Å²) in [6.07, 6.45) is 0.491. The molecule has 3 rings (SSSR count). The van der Waals surface area contributed by atoms with Gasteiger partial charge in [-0.05, 0) is 37.1 Å². The zero-order valence-electron chi connectivity index (χ0n) is 11.3. The molecule has 2 aliphatic rings. The molecular weight excluding hydrogens is 265 g/mol. The van der Waals surface area contributed by atoms with Gasteiger partial charge in [-0.25, -0.2) is 0 Å². The Bertz CT molecular complexity index is 453. The van der Waals surface area contributed by atoms with Gasteiger partial charge in [-0.15, -0.1) is 0 Å². The third-order valence-electron chi connectivity index (χ3n) is 4.42. The lowest BCUT2D eigenvalue weighted by Gasteiger charge is -2.46. The first kappa shape index (κ1) is 13.7. The average Bonchev–Trinajstić information content (AvgIpc) is 2.46. The van der Waals surface area contributed by atoms with Crippen LogP contribution in [0.2, 0.25) is 0 Å². The fourth-order valence-electron chi connectivity index (χ4n) is 3.42. The van der Waals surface area contributed by atoms with Crippen molar-refractivity contribution in [2.45, 2.75) is 43.9 Å². The van der Waals surface area contributed by atoms with Crippen LogP contribution in [0, 0.1) is 0 Å².